The lowest BCUT2D eigenvalue weighted by molar-refractivity contribution is 0.218. The van der Waals surface area contributed by atoms with Gasteiger partial charge >= 0.3 is 22.7 Å². The van der Waals surface area contributed by atoms with E-state index in [2.05, 4.69) is 110 Å². The van der Waals surface area contributed by atoms with E-state index in [-0.39, 0.29) is 6.10 Å². The Bertz CT molecular complexity index is 1680. The van der Waals surface area contributed by atoms with E-state index in [0.29, 0.717) is 23.4 Å². The molecule has 0 saturated carbocycles. The molecule has 2 aliphatic heterocycles. The molecule has 3 nitrogen and oxygen atoms in total. The van der Waals surface area contributed by atoms with Crippen LogP contribution in [-0.2, 0) is 14.3 Å². The third-order valence-corrected chi connectivity index (χ3v) is 23.3. The van der Waals surface area contributed by atoms with Crippen molar-refractivity contribution < 1.29 is 12.6 Å². The van der Waals surface area contributed by atoms with Crippen LogP contribution < -0.4 is 21.2 Å². The summed E-state index contributed by atoms with van der Waals surface area (Å²) in [5, 5.41) is 5.21. The molecule has 2 saturated heterocycles. The molecule has 0 spiro atoms. The predicted molar refractivity (Wildman–Crippen MR) is 222 cm³/mol. The highest BCUT2D eigenvalue weighted by atomic mass is 32.2. The van der Waals surface area contributed by atoms with Gasteiger partial charge in [-0.1, -0.05) is 72.8 Å². The average molecular weight is 723 g/mol. The molecule has 0 bridgehead atoms. The number of hydrogen-bond acceptors (Lipinski definition) is 3. The molecule has 6 radical (unpaired) electrons. The Kier molecular flexibility index (Phi) is 13.2. The highest BCUT2D eigenvalue weighted by molar-refractivity contribution is 8.09. The summed E-state index contributed by atoms with van der Waals surface area (Å²) < 4.78 is 27.5. The van der Waals surface area contributed by atoms with Gasteiger partial charge in [-0.05, 0) is 102 Å². The van der Waals surface area contributed by atoms with Crippen LogP contribution in [0.25, 0.3) is 0 Å². The number of benzene rings is 4. The topological polar surface area (TPSA) is 43.4 Å². The van der Waals surface area contributed by atoms with E-state index in [9.17, 15) is 8.42 Å². The molecule has 0 N–H and O–H groups in total. The third kappa shape index (κ3) is 9.20. The summed E-state index contributed by atoms with van der Waals surface area (Å²) in [5.41, 5.74) is 1.32. The largest absolute Gasteiger partial charge is 0.377 e. The Morgan fingerprint density at radius 3 is 1.43 bits per heavy atom. The average Bonchev–Trinajstić information content (AvgIpc) is 3.67. The van der Waals surface area contributed by atoms with E-state index < -0.39 is 31.5 Å². The van der Waals surface area contributed by atoms with Crippen LogP contribution >= 0.6 is 21.4 Å². The highest BCUT2D eigenvalue weighted by Gasteiger charge is 2.52. The van der Waals surface area contributed by atoms with Gasteiger partial charge in [-0.25, -0.2) is 0 Å². The van der Waals surface area contributed by atoms with Crippen molar-refractivity contribution in [2.45, 2.75) is 75.5 Å². The van der Waals surface area contributed by atoms with E-state index in [4.69, 9.17) is 26.9 Å². The standard InChI is InChI=1S/C25H28B2P2.C14H21BO3PS/c1-21(20-25-18-11-19-28(25,26)22-12-5-2-6-13-22)29(27,23-14-7-3-8-15-23)24-16-9-4-10-17-24;1-12(18-20(2,16)17)11-14-9-6-10-19(14,15)13-7-4-3-5-8-13/h2-10,12-17,21,25H,11,18-20H2,1H3;3-5,7-8,12,14H,6,9-11H2,1-2H3/q+2;+1/t21-,25+,28?;12-,14-,19?/m01/s1. The summed E-state index contributed by atoms with van der Waals surface area (Å²) in [6.07, 6.45) is 9.48. The van der Waals surface area contributed by atoms with E-state index in [1.165, 1.54) is 40.2 Å². The zero-order valence-electron chi connectivity index (χ0n) is 29.2. The zero-order chi connectivity index (χ0) is 35.1. The van der Waals surface area contributed by atoms with Gasteiger partial charge in [0.05, 0.1) is 50.6 Å². The van der Waals surface area contributed by atoms with Crippen LogP contribution in [-0.4, -0.2) is 72.8 Å². The minimum Gasteiger partial charge on any atom is -0.267 e. The molecule has 0 amide bonds. The van der Waals surface area contributed by atoms with Crippen LogP contribution in [0, 0.1) is 0 Å². The lowest BCUT2D eigenvalue weighted by atomic mass is 10.1. The van der Waals surface area contributed by atoms with Crippen molar-refractivity contribution in [2.75, 3.05) is 18.6 Å². The van der Waals surface area contributed by atoms with Crippen LogP contribution in [0.1, 0.15) is 52.4 Å². The molecular formula is C39H49B3O3P3S+3. The smallest absolute Gasteiger partial charge is 0.267 e. The molecule has 6 atom stereocenters. The summed E-state index contributed by atoms with van der Waals surface area (Å²) >= 11 is 0. The van der Waals surface area contributed by atoms with Crippen molar-refractivity contribution >= 4 is 75.5 Å². The fourth-order valence-corrected chi connectivity index (χ4v) is 19.7. The Hall–Kier alpha value is -1.73. The zero-order valence-corrected chi connectivity index (χ0v) is 32.7. The van der Waals surface area contributed by atoms with Gasteiger partial charge in [-0.2, -0.15) is 8.42 Å². The maximum atomic E-state index is 11.2. The number of hydrogen-bond donors (Lipinski definition) is 0. The van der Waals surface area contributed by atoms with Crippen molar-refractivity contribution in [3.8, 4) is 0 Å². The fraction of sp³-hybridized carbons (Fsp3) is 0.385. The molecule has 6 rings (SSSR count). The van der Waals surface area contributed by atoms with Gasteiger partial charge in [-0.3, -0.25) is 4.18 Å². The fourth-order valence-electron chi connectivity index (χ4n) is 7.99. The second-order valence-electron chi connectivity index (χ2n) is 14.0. The van der Waals surface area contributed by atoms with Crippen LogP contribution in [0.15, 0.2) is 121 Å². The first kappa shape index (κ1) is 38.5. The molecule has 250 valence electrons. The Balaban J connectivity index is 0.000000205. The minimum atomic E-state index is -3.40. The summed E-state index contributed by atoms with van der Waals surface area (Å²) in [6.45, 7) is 4.18. The van der Waals surface area contributed by atoms with Crippen molar-refractivity contribution in [3.63, 3.8) is 0 Å². The second kappa shape index (κ2) is 16.7. The molecule has 2 fully saturated rings. The van der Waals surface area contributed by atoms with E-state index >= 15 is 0 Å². The molecule has 4 aromatic carbocycles. The lowest BCUT2D eigenvalue weighted by Gasteiger charge is -2.34. The van der Waals surface area contributed by atoms with E-state index in [1.54, 1.807) is 0 Å². The molecule has 2 aliphatic rings. The summed E-state index contributed by atoms with van der Waals surface area (Å²) in [5.74, 6) is 0. The quantitative estimate of drug-likeness (QED) is 0.0919. The van der Waals surface area contributed by atoms with Crippen LogP contribution in [0.3, 0.4) is 0 Å². The predicted octanol–water partition coefficient (Wildman–Crippen LogP) is 7.44. The molecular weight excluding hydrogens is 674 g/mol. The maximum absolute atomic E-state index is 11.2. The molecule has 2 heterocycles. The SMILES string of the molecule is [B][P+]1(c2ccccc2)CCC[C@@H]1C[C@@H](C)OS(C)(=O)=O.[B][P+]1(c2ccccc2)CCC[C@@H]1C[C@H](C)[P+]([B])(c1ccccc1)c1ccccc1. The monoisotopic (exact) mass is 723 g/mol. The molecule has 0 aliphatic carbocycles. The van der Waals surface area contributed by atoms with Crippen molar-refractivity contribution in [1.29, 1.82) is 0 Å². The summed E-state index contributed by atoms with van der Waals surface area (Å²) in [7, 11) is 12.6. The lowest BCUT2D eigenvalue weighted by Crippen LogP contribution is -2.33. The molecule has 4 aromatic rings. The molecule has 49 heavy (non-hydrogen) atoms. The Labute approximate surface area is 302 Å². The van der Waals surface area contributed by atoms with Crippen molar-refractivity contribution in [2.24, 2.45) is 0 Å². The normalized spacial score (nSPS) is 25.2. The second-order valence-corrected chi connectivity index (χ2v) is 26.1. The third-order valence-electron chi connectivity index (χ3n) is 10.5. The van der Waals surface area contributed by atoms with Gasteiger partial charge in [0.25, 0.3) is 10.1 Å². The first-order valence-electron chi connectivity index (χ1n) is 17.5. The number of rotatable bonds is 11. The van der Waals surface area contributed by atoms with Gasteiger partial charge in [0.15, 0.2) is 0 Å². The van der Waals surface area contributed by atoms with Crippen LogP contribution in [0.5, 0.6) is 0 Å². The van der Waals surface area contributed by atoms with Crippen molar-refractivity contribution in [3.05, 3.63) is 121 Å². The minimum absolute atomic E-state index is 0.306. The van der Waals surface area contributed by atoms with Gasteiger partial charge in [-0.15, -0.1) is 0 Å². The molecule has 0 aromatic heterocycles. The van der Waals surface area contributed by atoms with Crippen molar-refractivity contribution in [1.82, 2.24) is 0 Å². The maximum Gasteiger partial charge on any atom is 0.377 e. The first-order chi connectivity index (χ1) is 23.4. The van der Waals surface area contributed by atoms with Crippen LogP contribution in [0.4, 0.5) is 0 Å². The molecule has 10 heteroatoms. The van der Waals surface area contributed by atoms with Crippen LogP contribution in [0.2, 0.25) is 0 Å². The highest BCUT2D eigenvalue weighted by Crippen LogP contribution is 2.68. The van der Waals surface area contributed by atoms with Gasteiger partial charge in [0.2, 0.25) is 0 Å². The van der Waals surface area contributed by atoms with E-state index in [1.807, 2.05) is 25.1 Å². The Morgan fingerprint density at radius 2 is 1.04 bits per heavy atom. The summed E-state index contributed by atoms with van der Waals surface area (Å²) in [6, 6.07) is 42.6. The van der Waals surface area contributed by atoms with E-state index in [0.717, 1.165) is 31.7 Å². The van der Waals surface area contributed by atoms with Gasteiger partial charge in [0, 0.05) is 32.3 Å². The molecule has 2 unspecified atom stereocenters. The van der Waals surface area contributed by atoms with Gasteiger partial charge in [0.1, 0.15) is 0 Å². The van der Waals surface area contributed by atoms with Gasteiger partial charge < -0.3 is 0 Å². The Morgan fingerprint density at radius 1 is 0.673 bits per heavy atom. The first-order valence-corrected chi connectivity index (χ1v) is 25.4. The summed E-state index contributed by atoms with van der Waals surface area (Å²) in [4.78, 5) is 0.